The molecule has 26 heavy (non-hydrogen) atoms. The Balaban J connectivity index is 1.90. The van der Waals surface area contributed by atoms with Crippen molar-refractivity contribution in [2.45, 2.75) is 38.8 Å². The molecule has 0 spiro atoms. The standard InChI is InChI=1S/C20H22N2O4/c1-14-6-4-7-15(12-14)13-21-10-5-8-16(18(21)23)19(24)22-11-3-2-9-17(22)20(25)26/h4-8,10,12,17H,2-3,9,11,13H2,1H3,(H,25,26)/t17-/m1/s1. The molecule has 1 atom stereocenters. The maximum Gasteiger partial charge on any atom is 0.326 e. The summed E-state index contributed by atoms with van der Waals surface area (Å²) in [5.41, 5.74) is 1.69. The predicted molar refractivity (Wildman–Crippen MR) is 97.3 cm³/mol. The fraction of sp³-hybridized carbons (Fsp3) is 0.350. The number of carboxylic acid groups (broad SMARTS) is 1. The van der Waals surface area contributed by atoms with E-state index in [0.29, 0.717) is 19.5 Å². The molecule has 1 aromatic heterocycles. The third-order valence-corrected chi connectivity index (χ3v) is 4.73. The Labute approximate surface area is 151 Å². The van der Waals surface area contributed by atoms with E-state index in [1.165, 1.54) is 15.5 Å². The number of rotatable bonds is 4. The molecule has 2 heterocycles. The van der Waals surface area contributed by atoms with Crippen LogP contribution in [0.4, 0.5) is 0 Å². The van der Waals surface area contributed by atoms with Crippen molar-refractivity contribution in [1.82, 2.24) is 9.47 Å². The van der Waals surface area contributed by atoms with Gasteiger partial charge in [0.2, 0.25) is 0 Å². The molecule has 0 aliphatic carbocycles. The molecule has 136 valence electrons. The molecule has 0 bridgehead atoms. The van der Waals surface area contributed by atoms with Crippen molar-refractivity contribution < 1.29 is 14.7 Å². The number of aliphatic carboxylic acids is 1. The topological polar surface area (TPSA) is 79.6 Å². The second-order valence-electron chi connectivity index (χ2n) is 6.69. The van der Waals surface area contributed by atoms with Crippen LogP contribution >= 0.6 is 0 Å². The van der Waals surface area contributed by atoms with Crippen LogP contribution in [0.25, 0.3) is 0 Å². The molecule has 3 rings (SSSR count). The zero-order chi connectivity index (χ0) is 18.7. The number of nitrogens with zero attached hydrogens (tertiary/aromatic N) is 2. The van der Waals surface area contributed by atoms with Gasteiger partial charge in [0.15, 0.2) is 0 Å². The van der Waals surface area contributed by atoms with Crippen molar-refractivity contribution >= 4 is 11.9 Å². The molecular formula is C20H22N2O4. The first kappa shape index (κ1) is 17.9. The quantitative estimate of drug-likeness (QED) is 0.913. The summed E-state index contributed by atoms with van der Waals surface area (Å²) >= 11 is 0. The van der Waals surface area contributed by atoms with Crippen LogP contribution in [0, 0.1) is 6.92 Å². The van der Waals surface area contributed by atoms with E-state index in [-0.39, 0.29) is 5.56 Å². The van der Waals surface area contributed by atoms with E-state index in [0.717, 1.165) is 24.0 Å². The van der Waals surface area contributed by atoms with Gasteiger partial charge in [0, 0.05) is 12.7 Å². The van der Waals surface area contributed by atoms with E-state index in [4.69, 9.17) is 0 Å². The highest BCUT2D eigenvalue weighted by Crippen LogP contribution is 2.19. The molecule has 1 aliphatic heterocycles. The van der Waals surface area contributed by atoms with E-state index >= 15 is 0 Å². The number of carbonyl (C=O) groups is 2. The first-order valence-electron chi connectivity index (χ1n) is 8.76. The summed E-state index contributed by atoms with van der Waals surface area (Å²) in [5, 5.41) is 9.37. The van der Waals surface area contributed by atoms with E-state index < -0.39 is 23.5 Å². The van der Waals surface area contributed by atoms with Gasteiger partial charge >= 0.3 is 5.97 Å². The molecule has 1 fully saturated rings. The third-order valence-electron chi connectivity index (χ3n) is 4.73. The van der Waals surface area contributed by atoms with Gasteiger partial charge in [0.25, 0.3) is 11.5 Å². The molecular weight excluding hydrogens is 332 g/mol. The van der Waals surface area contributed by atoms with E-state index in [9.17, 15) is 19.5 Å². The maximum absolute atomic E-state index is 12.8. The van der Waals surface area contributed by atoms with Gasteiger partial charge in [-0.25, -0.2) is 4.79 Å². The molecule has 0 unspecified atom stereocenters. The number of aromatic nitrogens is 1. The third kappa shape index (κ3) is 3.69. The highest BCUT2D eigenvalue weighted by Gasteiger charge is 2.33. The Hall–Kier alpha value is -2.89. The summed E-state index contributed by atoms with van der Waals surface area (Å²) < 4.78 is 1.49. The Morgan fingerprint density at radius 3 is 2.73 bits per heavy atom. The van der Waals surface area contributed by atoms with Crippen molar-refractivity contribution in [3.8, 4) is 0 Å². The average Bonchev–Trinajstić information content (AvgIpc) is 2.63. The fourth-order valence-electron chi connectivity index (χ4n) is 3.42. The first-order chi connectivity index (χ1) is 12.5. The Morgan fingerprint density at radius 2 is 2.00 bits per heavy atom. The van der Waals surface area contributed by atoms with Crippen molar-refractivity contribution in [2.75, 3.05) is 6.54 Å². The molecule has 0 radical (unpaired) electrons. The Bertz CT molecular complexity index is 887. The summed E-state index contributed by atoms with van der Waals surface area (Å²) in [4.78, 5) is 38.4. The van der Waals surface area contributed by atoms with Crippen molar-refractivity contribution in [1.29, 1.82) is 0 Å². The largest absolute Gasteiger partial charge is 0.480 e. The predicted octanol–water partition coefficient (Wildman–Crippen LogP) is 2.28. The normalized spacial score (nSPS) is 17.1. The highest BCUT2D eigenvalue weighted by atomic mass is 16.4. The summed E-state index contributed by atoms with van der Waals surface area (Å²) in [7, 11) is 0. The zero-order valence-corrected chi connectivity index (χ0v) is 14.7. The molecule has 1 aliphatic rings. The van der Waals surface area contributed by atoms with Gasteiger partial charge in [-0.2, -0.15) is 0 Å². The Kier molecular flexibility index (Phi) is 5.21. The van der Waals surface area contributed by atoms with Crippen LogP contribution in [0.2, 0.25) is 0 Å². The smallest absolute Gasteiger partial charge is 0.326 e. The highest BCUT2D eigenvalue weighted by molar-refractivity contribution is 5.96. The number of piperidine rings is 1. The number of aryl methyl sites for hydroxylation is 1. The van der Waals surface area contributed by atoms with Gasteiger partial charge in [0.05, 0.1) is 6.54 Å². The minimum absolute atomic E-state index is 0.0216. The lowest BCUT2D eigenvalue weighted by atomic mass is 10.0. The van der Waals surface area contributed by atoms with Crippen molar-refractivity contribution in [3.63, 3.8) is 0 Å². The molecule has 0 saturated carbocycles. The minimum Gasteiger partial charge on any atom is -0.480 e. The monoisotopic (exact) mass is 354 g/mol. The second-order valence-corrected chi connectivity index (χ2v) is 6.69. The number of hydrogen-bond donors (Lipinski definition) is 1. The number of benzene rings is 1. The minimum atomic E-state index is -1.02. The van der Waals surface area contributed by atoms with Gasteiger partial charge < -0.3 is 14.6 Å². The number of amides is 1. The number of likely N-dealkylation sites (tertiary alicyclic amines) is 1. The van der Waals surface area contributed by atoms with Crippen LogP contribution in [-0.4, -0.2) is 39.0 Å². The lowest BCUT2D eigenvalue weighted by Crippen LogP contribution is -2.49. The molecule has 2 aromatic rings. The molecule has 6 heteroatoms. The lowest BCUT2D eigenvalue weighted by Gasteiger charge is -2.32. The van der Waals surface area contributed by atoms with Gasteiger partial charge in [0.1, 0.15) is 11.6 Å². The zero-order valence-electron chi connectivity index (χ0n) is 14.7. The van der Waals surface area contributed by atoms with E-state index in [1.807, 2.05) is 31.2 Å². The van der Waals surface area contributed by atoms with Crippen molar-refractivity contribution in [3.05, 3.63) is 69.6 Å². The van der Waals surface area contributed by atoms with Gasteiger partial charge in [-0.3, -0.25) is 9.59 Å². The molecule has 1 amide bonds. The van der Waals surface area contributed by atoms with Crippen LogP contribution in [0.5, 0.6) is 0 Å². The van der Waals surface area contributed by atoms with E-state index in [2.05, 4.69) is 0 Å². The van der Waals surface area contributed by atoms with Gasteiger partial charge in [-0.15, -0.1) is 0 Å². The van der Waals surface area contributed by atoms with Crippen LogP contribution in [0.1, 0.15) is 40.7 Å². The number of carbonyl (C=O) groups excluding carboxylic acids is 1. The molecule has 1 aromatic carbocycles. The average molecular weight is 354 g/mol. The second kappa shape index (κ2) is 7.56. The van der Waals surface area contributed by atoms with E-state index in [1.54, 1.807) is 12.3 Å². The van der Waals surface area contributed by atoms with Gasteiger partial charge in [-0.05, 0) is 43.9 Å². The summed E-state index contributed by atoms with van der Waals surface area (Å²) in [5.74, 6) is -1.52. The molecule has 1 saturated heterocycles. The molecule has 1 N–H and O–H groups in total. The first-order valence-corrected chi connectivity index (χ1v) is 8.76. The van der Waals surface area contributed by atoms with Crippen LogP contribution in [0.3, 0.4) is 0 Å². The number of carboxylic acids is 1. The number of pyridine rings is 1. The summed E-state index contributed by atoms with van der Waals surface area (Å²) in [6.45, 7) is 2.71. The van der Waals surface area contributed by atoms with Gasteiger partial charge in [-0.1, -0.05) is 29.8 Å². The molecule has 6 nitrogen and oxygen atoms in total. The number of hydrogen-bond acceptors (Lipinski definition) is 3. The SMILES string of the molecule is Cc1cccc(Cn2cccc(C(=O)N3CCCC[C@@H]3C(=O)O)c2=O)c1. The summed E-state index contributed by atoms with van der Waals surface area (Å²) in [6.07, 6.45) is 3.59. The Morgan fingerprint density at radius 1 is 1.19 bits per heavy atom. The van der Waals surface area contributed by atoms with Crippen molar-refractivity contribution in [2.24, 2.45) is 0 Å². The lowest BCUT2D eigenvalue weighted by molar-refractivity contribution is -0.143. The van der Waals surface area contributed by atoms with Crippen LogP contribution < -0.4 is 5.56 Å². The fourth-order valence-corrected chi connectivity index (χ4v) is 3.42. The summed E-state index contributed by atoms with van der Waals surface area (Å²) in [6, 6.07) is 10.1. The maximum atomic E-state index is 12.8. The van der Waals surface area contributed by atoms with Crippen LogP contribution in [-0.2, 0) is 11.3 Å². The van der Waals surface area contributed by atoms with Crippen LogP contribution in [0.15, 0.2) is 47.4 Å².